The molecule has 0 aromatic carbocycles. The van der Waals surface area contributed by atoms with Gasteiger partial charge in [0.1, 0.15) is 6.54 Å². The first kappa shape index (κ1) is 19.4. The maximum atomic E-state index is 13.0. The Balaban J connectivity index is 1.52. The highest BCUT2D eigenvalue weighted by molar-refractivity contribution is 5.97. The molecule has 1 aliphatic heterocycles. The minimum atomic E-state index is -0.265. The average molecular weight is 388 g/mol. The standard InChI is InChI=1S/C21H30N4O3/c26-15-21(8-3-1-4-9-21)14-22-20(28)19-17-6-2-5-10-25(17)18(23-19)13-24-11-7-16(27)12-24/h2,5-6,10,16,26-27H,1,3-4,7-9,11-15H2,(H,22,28)/p+1. The third kappa shape index (κ3) is 3.92. The number of likely N-dealkylation sites (tertiary alicyclic amines) is 1. The lowest BCUT2D eigenvalue weighted by atomic mass is 9.74. The Hall–Kier alpha value is -1.96. The molecule has 0 radical (unpaired) electrons. The molecule has 1 unspecified atom stereocenters. The Labute approximate surface area is 165 Å². The predicted octanol–water partition coefficient (Wildman–Crippen LogP) is 0.993. The first-order valence-corrected chi connectivity index (χ1v) is 10.4. The normalized spacial score (nSPS) is 22.6. The van der Waals surface area contributed by atoms with E-state index in [4.69, 9.17) is 0 Å². The van der Waals surface area contributed by atoms with Gasteiger partial charge in [-0.05, 0) is 31.4 Å². The zero-order valence-electron chi connectivity index (χ0n) is 16.4. The lowest BCUT2D eigenvalue weighted by molar-refractivity contribution is -0.522. The van der Waals surface area contributed by atoms with E-state index < -0.39 is 0 Å². The van der Waals surface area contributed by atoms with E-state index in [-0.39, 0.29) is 24.0 Å². The number of H-pyrrole nitrogens is 1. The highest BCUT2D eigenvalue weighted by Crippen LogP contribution is 2.35. The number of hydrogen-bond acceptors (Lipinski definition) is 4. The van der Waals surface area contributed by atoms with Gasteiger partial charge >= 0.3 is 0 Å². The van der Waals surface area contributed by atoms with Crippen LogP contribution in [0.2, 0.25) is 0 Å². The van der Waals surface area contributed by atoms with Gasteiger partial charge in [0.25, 0.3) is 11.7 Å². The highest BCUT2D eigenvalue weighted by Gasteiger charge is 2.33. The van der Waals surface area contributed by atoms with Crippen LogP contribution >= 0.6 is 0 Å². The number of aliphatic hydroxyl groups excluding tert-OH is 2. The van der Waals surface area contributed by atoms with Gasteiger partial charge in [-0.15, -0.1) is 0 Å². The molecule has 152 valence electrons. The summed E-state index contributed by atoms with van der Waals surface area (Å²) in [6, 6.07) is 5.82. The Kier molecular flexibility index (Phi) is 5.66. The van der Waals surface area contributed by atoms with E-state index in [1.807, 2.05) is 28.8 Å². The third-order valence-electron chi connectivity index (χ3n) is 6.40. The van der Waals surface area contributed by atoms with Crippen molar-refractivity contribution in [3.8, 4) is 0 Å². The largest absolute Gasteiger partial charge is 0.396 e. The SMILES string of the molecule is O=C(NCC1(CO)CCCCC1)c1[nH]c(CN2CCC(O)C2)[n+]2ccccc12. The molecule has 1 amide bonds. The summed E-state index contributed by atoms with van der Waals surface area (Å²) < 4.78 is 2.02. The summed E-state index contributed by atoms with van der Waals surface area (Å²) in [6.07, 6.45) is 7.86. The molecular weight excluding hydrogens is 356 g/mol. The number of fused-ring (bicyclic) bond motifs is 1. The molecule has 28 heavy (non-hydrogen) atoms. The molecule has 4 N–H and O–H groups in total. The topological polar surface area (TPSA) is 92.7 Å². The second-order valence-corrected chi connectivity index (χ2v) is 8.48. The second-order valence-electron chi connectivity index (χ2n) is 8.48. The highest BCUT2D eigenvalue weighted by atomic mass is 16.3. The number of aliphatic hydroxyl groups is 2. The van der Waals surface area contributed by atoms with Crippen LogP contribution in [0.1, 0.15) is 54.8 Å². The van der Waals surface area contributed by atoms with Crippen LogP contribution in [0, 0.1) is 5.41 Å². The Bertz CT molecular complexity index is 828. The van der Waals surface area contributed by atoms with Gasteiger partial charge < -0.3 is 15.5 Å². The Morgan fingerprint density at radius 1 is 1.32 bits per heavy atom. The van der Waals surface area contributed by atoms with Gasteiger partial charge in [0, 0.05) is 25.0 Å². The second kappa shape index (κ2) is 8.19. The molecule has 1 atom stereocenters. The zero-order valence-corrected chi connectivity index (χ0v) is 16.4. The van der Waals surface area contributed by atoms with Crippen molar-refractivity contribution in [3.63, 3.8) is 0 Å². The number of nitrogens with zero attached hydrogens (tertiary/aromatic N) is 2. The summed E-state index contributed by atoms with van der Waals surface area (Å²) in [6.45, 7) is 2.81. The number of hydrogen-bond donors (Lipinski definition) is 4. The number of aromatic nitrogens is 2. The summed E-state index contributed by atoms with van der Waals surface area (Å²) in [7, 11) is 0. The fraction of sp³-hybridized carbons (Fsp3) is 0.619. The quantitative estimate of drug-likeness (QED) is 0.556. The number of carbonyl (C=O) groups excluding carboxylic acids is 1. The van der Waals surface area contributed by atoms with Crippen molar-refractivity contribution < 1.29 is 19.4 Å². The number of aromatic amines is 1. The summed E-state index contributed by atoms with van der Waals surface area (Å²) in [5, 5.41) is 22.7. The molecule has 4 rings (SSSR count). The number of pyridine rings is 1. The molecule has 1 saturated heterocycles. The minimum absolute atomic E-state index is 0.121. The molecule has 0 bridgehead atoms. The monoisotopic (exact) mass is 387 g/mol. The smallest absolute Gasteiger partial charge is 0.295 e. The van der Waals surface area contributed by atoms with E-state index in [0.717, 1.165) is 50.0 Å². The molecular formula is C21H31N4O3+. The average Bonchev–Trinajstić information content (AvgIpc) is 3.31. The fourth-order valence-electron chi connectivity index (χ4n) is 4.66. The van der Waals surface area contributed by atoms with Crippen molar-refractivity contribution in [2.75, 3.05) is 26.2 Å². The van der Waals surface area contributed by atoms with Crippen molar-refractivity contribution >= 4 is 11.4 Å². The number of imidazole rings is 1. The predicted molar refractivity (Wildman–Crippen MR) is 105 cm³/mol. The van der Waals surface area contributed by atoms with Crippen LogP contribution in [0.15, 0.2) is 24.4 Å². The fourth-order valence-corrected chi connectivity index (χ4v) is 4.66. The number of amides is 1. The molecule has 2 aliphatic rings. The molecule has 1 aliphatic carbocycles. The van der Waals surface area contributed by atoms with E-state index in [9.17, 15) is 15.0 Å². The van der Waals surface area contributed by atoms with Crippen LogP contribution < -0.4 is 9.72 Å². The van der Waals surface area contributed by atoms with E-state index in [2.05, 4.69) is 15.2 Å². The summed E-state index contributed by atoms with van der Waals surface area (Å²) in [5.74, 6) is 0.805. The van der Waals surface area contributed by atoms with Crippen LogP contribution in [-0.4, -0.2) is 58.3 Å². The Morgan fingerprint density at radius 3 is 2.86 bits per heavy atom. The van der Waals surface area contributed by atoms with E-state index >= 15 is 0 Å². The Morgan fingerprint density at radius 2 is 2.14 bits per heavy atom. The summed E-state index contributed by atoms with van der Waals surface area (Å²) in [4.78, 5) is 18.5. The summed E-state index contributed by atoms with van der Waals surface area (Å²) in [5.41, 5.74) is 1.22. The maximum absolute atomic E-state index is 13.0. The van der Waals surface area contributed by atoms with Crippen LogP contribution in [0.25, 0.3) is 5.52 Å². The van der Waals surface area contributed by atoms with Crippen molar-refractivity contribution in [2.45, 2.75) is 51.2 Å². The molecule has 2 fully saturated rings. The molecule has 7 nitrogen and oxygen atoms in total. The van der Waals surface area contributed by atoms with Crippen molar-refractivity contribution in [1.29, 1.82) is 0 Å². The minimum Gasteiger partial charge on any atom is -0.396 e. The van der Waals surface area contributed by atoms with Crippen LogP contribution in [0.5, 0.6) is 0 Å². The number of nitrogens with one attached hydrogen (secondary N) is 2. The van der Waals surface area contributed by atoms with Crippen molar-refractivity contribution in [1.82, 2.24) is 15.2 Å². The lowest BCUT2D eigenvalue weighted by Crippen LogP contribution is -2.41. The molecule has 7 heteroatoms. The van der Waals surface area contributed by atoms with E-state index in [0.29, 0.717) is 25.3 Å². The van der Waals surface area contributed by atoms with Gasteiger partial charge in [-0.25, -0.2) is 4.98 Å². The first-order chi connectivity index (χ1) is 13.6. The first-order valence-electron chi connectivity index (χ1n) is 10.4. The van der Waals surface area contributed by atoms with Crippen molar-refractivity contribution in [3.05, 3.63) is 35.9 Å². The summed E-state index contributed by atoms with van der Waals surface area (Å²) >= 11 is 0. The van der Waals surface area contributed by atoms with Gasteiger partial charge in [0.15, 0.2) is 5.52 Å². The number of carbonyl (C=O) groups is 1. The van der Waals surface area contributed by atoms with Gasteiger partial charge in [-0.3, -0.25) is 9.69 Å². The van der Waals surface area contributed by atoms with Crippen LogP contribution in [0.3, 0.4) is 0 Å². The molecule has 2 aromatic heterocycles. The van der Waals surface area contributed by atoms with E-state index in [1.165, 1.54) is 6.42 Å². The van der Waals surface area contributed by atoms with Crippen LogP contribution in [-0.2, 0) is 6.54 Å². The molecule has 1 saturated carbocycles. The lowest BCUT2D eigenvalue weighted by Gasteiger charge is -2.35. The molecule has 3 heterocycles. The number of β-amino-alcohol motifs (C(OH)–C–C–N with tert-alkyl or cyclic N) is 1. The van der Waals surface area contributed by atoms with E-state index in [1.54, 1.807) is 0 Å². The zero-order chi connectivity index (χ0) is 19.6. The number of rotatable bonds is 6. The molecule has 0 spiro atoms. The van der Waals surface area contributed by atoms with Gasteiger partial charge in [-0.2, -0.15) is 4.40 Å². The maximum Gasteiger partial charge on any atom is 0.295 e. The van der Waals surface area contributed by atoms with Crippen molar-refractivity contribution in [2.24, 2.45) is 5.41 Å². The van der Waals surface area contributed by atoms with Gasteiger partial charge in [-0.1, -0.05) is 25.3 Å². The molecule has 2 aromatic rings. The van der Waals surface area contributed by atoms with Crippen LogP contribution in [0.4, 0.5) is 0 Å². The third-order valence-corrected chi connectivity index (χ3v) is 6.40. The van der Waals surface area contributed by atoms with Gasteiger partial charge in [0.05, 0.1) is 18.9 Å². The van der Waals surface area contributed by atoms with Gasteiger partial charge in [0.2, 0.25) is 5.69 Å².